The van der Waals surface area contributed by atoms with Gasteiger partial charge < -0.3 is 15.2 Å². The summed E-state index contributed by atoms with van der Waals surface area (Å²) in [6.45, 7) is 1.78. The third-order valence-electron chi connectivity index (χ3n) is 2.83. The number of hydrogen-bond acceptors (Lipinski definition) is 5. The fourth-order valence-corrected chi connectivity index (χ4v) is 1.85. The first-order valence-electron chi connectivity index (χ1n) is 6.57. The summed E-state index contributed by atoms with van der Waals surface area (Å²) < 4.78 is 50.0. The van der Waals surface area contributed by atoms with Crippen LogP contribution in [0.2, 0.25) is 0 Å². The molecule has 23 heavy (non-hydrogen) atoms. The average molecular weight is 329 g/mol. The summed E-state index contributed by atoms with van der Waals surface area (Å²) in [6, 6.07) is 3.08. The van der Waals surface area contributed by atoms with Gasteiger partial charge in [0.25, 0.3) is 5.88 Å². The van der Waals surface area contributed by atoms with Gasteiger partial charge in [-0.2, -0.15) is 13.2 Å². The van der Waals surface area contributed by atoms with E-state index in [0.29, 0.717) is 0 Å². The zero-order chi connectivity index (χ0) is 17.2. The van der Waals surface area contributed by atoms with Gasteiger partial charge in [-0.05, 0) is 25.1 Å². The number of nitrogen functional groups attached to an aromatic ring is 1. The predicted octanol–water partition coefficient (Wildman–Crippen LogP) is 2.99. The van der Waals surface area contributed by atoms with Crippen LogP contribution in [0.25, 0.3) is 0 Å². The lowest BCUT2D eigenvalue weighted by atomic mass is 10.1. The fourth-order valence-electron chi connectivity index (χ4n) is 1.85. The van der Waals surface area contributed by atoms with Crippen LogP contribution in [0.15, 0.2) is 24.4 Å². The highest BCUT2D eigenvalue weighted by molar-refractivity contribution is 5.91. The van der Waals surface area contributed by atoms with Crippen molar-refractivity contribution < 1.29 is 27.4 Å². The van der Waals surface area contributed by atoms with E-state index in [2.05, 4.69) is 5.10 Å². The first kappa shape index (κ1) is 16.7. The smallest absolute Gasteiger partial charge is 0.418 e. The summed E-state index contributed by atoms with van der Waals surface area (Å²) in [5.74, 6) is -0.971. The number of benzene rings is 1. The topological polar surface area (TPSA) is 79.4 Å². The maximum atomic E-state index is 12.9. The van der Waals surface area contributed by atoms with Crippen molar-refractivity contribution in [2.75, 3.05) is 12.3 Å². The molecule has 0 amide bonds. The maximum absolute atomic E-state index is 12.9. The molecule has 0 spiro atoms. The van der Waals surface area contributed by atoms with Crippen LogP contribution < -0.4 is 10.5 Å². The number of hydrogen-bond donors (Lipinski definition) is 1. The number of esters is 1. The Balaban J connectivity index is 2.35. The van der Waals surface area contributed by atoms with Crippen molar-refractivity contribution in [3.8, 4) is 11.6 Å². The minimum Gasteiger partial charge on any atom is -0.462 e. The lowest BCUT2D eigenvalue weighted by Gasteiger charge is -2.12. The molecule has 0 unspecified atom stereocenters. The van der Waals surface area contributed by atoms with Crippen LogP contribution in [0.4, 0.5) is 18.9 Å². The second-order valence-electron chi connectivity index (χ2n) is 4.59. The normalized spacial score (nSPS) is 11.3. The molecule has 1 heterocycles. The number of rotatable bonds is 4. The van der Waals surface area contributed by atoms with Crippen LogP contribution in [-0.4, -0.2) is 22.4 Å². The molecule has 0 aliphatic rings. The minimum atomic E-state index is -4.61. The molecule has 1 aromatic heterocycles. The Kier molecular flexibility index (Phi) is 4.48. The Hall–Kier alpha value is -2.71. The highest BCUT2D eigenvalue weighted by Gasteiger charge is 2.33. The van der Waals surface area contributed by atoms with Crippen molar-refractivity contribution in [3.63, 3.8) is 0 Å². The van der Waals surface area contributed by atoms with Gasteiger partial charge in [-0.25, -0.2) is 4.79 Å². The summed E-state index contributed by atoms with van der Waals surface area (Å²) in [4.78, 5) is 11.8. The Morgan fingerprint density at radius 3 is 2.70 bits per heavy atom. The molecule has 2 rings (SSSR count). The second kappa shape index (κ2) is 6.19. The number of alkyl halides is 3. The van der Waals surface area contributed by atoms with Crippen molar-refractivity contribution in [1.29, 1.82) is 0 Å². The Morgan fingerprint density at radius 2 is 2.09 bits per heavy atom. The highest BCUT2D eigenvalue weighted by atomic mass is 19.4. The number of carbonyl (C=O) groups is 1. The first-order valence-corrected chi connectivity index (χ1v) is 6.57. The van der Waals surface area contributed by atoms with Crippen LogP contribution in [0.3, 0.4) is 0 Å². The van der Waals surface area contributed by atoms with E-state index in [1.165, 1.54) is 16.9 Å². The van der Waals surface area contributed by atoms with Crippen LogP contribution in [-0.2, 0) is 18.0 Å². The standard InChI is InChI=1S/C14H14F3N3O3/c1-3-22-13(21)9-7-20(2)19-12(9)23-8-4-5-11(18)10(6-8)14(15,16)17/h4-7H,3,18H2,1-2H3. The number of aromatic nitrogens is 2. The molecular weight excluding hydrogens is 315 g/mol. The van der Waals surface area contributed by atoms with Gasteiger partial charge >= 0.3 is 12.1 Å². The van der Waals surface area contributed by atoms with Gasteiger partial charge in [0.1, 0.15) is 11.3 Å². The summed E-state index contributed by atoms with van der Waals surface area (Å²) >= 11 is 0. The monoisotopic (exact) mass is 329 g/mol. The van der Waals surface area contributed by atoms with Gasteiger partial charge in [-0.1, -0.05) is 0 Å². The van der Waals surface area contributed by atoms with Crippen molar-refractivity contribution in [2.24, 2.45) is 7.05 Å². The third kappa shape index (κ3) is 3.74. The third-order valence-corrected chi connectivity index (χ3v) is 2.83. The molecule has 0 radical (unpaired) electrons. The quantitative estimate of drug-likeness (QED) is 0.689. The zero-order valence-electron chi connectivity index (χ0n) is 12.3. The van der Waals surface area contributed by atoms with Gasteiger partial charge in [0.05, 0.1) is 12.2 Å². The first-order chi connectivity index (χ1) is 10.7. The minimum absolute atomic E-state index is 0.0136. The van der Waals surface area contributed by atoms with Crippen molar-refractivity contribution >= 4 is 11.7 Å². The van der Waals surface area contributed by atoms with E-state index < -0.39 is 23.4 Å². The fraction of sp³-hybridized carbons (Fsp3) is 0.286. The van der Waals surface area contributed by atoms with Crippen molar-refractivity contribution in [2.45, 2.75) is 13.1 Å². The Morgan fingerprint density at radius 1 is 1.39 bits per heavy atom. The lowest BCUT2D eigenvalue weighted by Crippen LogP contribution is -2.09. The molecule has 0 atom stereocenters. The molecule has 0 saturated heterocycles. The van der Waals surface area contributed by atoms with Gasteiger partial charge in [-0.3, -0.25) is 4.68 Å². The van der Waals surface area contributed by atoms with Crippen LogP contribution in [0, 0.1) is 0 Å². The number of aryl methyl sites for hydroxylation is 1. The number of anilines is 1. The van der Waals surface area contributed by atoms with Gasteiger partial charge in [0, 0.05) is 18.9 Å². The van der Waals surface area contributed by atoms with Crippen molar-refractivity contribution in [3.05, 3.63) is 35.5 Å². The molecule has 0 bridgehead atoms. The number of nitrogens with two attached hydrogens (primary N) is 1. The summed E-state index contributed by atoms with van der Waals surface area (Å²) in [6.07, 6.45) is -3.26. The van der Waals surface area contributed by atoms with Crippen molar-refractivity contribution in [1.82, 2.24) is 9.78 Å². The molecular formula is C14H14F3N3O3. The van der Waals surface area contributed by atoms with E-state index in [9.17, 15) is 18.0 Å². The predicted molar refractivity (Wildman–Crippen MR) is 75.1 cm³/mol. The molecule has 2 aromatic rings. The molecule has 124 valence electrons. The number of carbonyl (C=O) groups excluding carboxylic acids is 1. The lowest BCUT2D eigenvalue weighted by molar-refractivity contribution is -0.137. The maximum Gasteiger partial charge on any atom is 0.418 e. The largest absolute Gasteiger partial charge is 0.462 e. The second-order valence-corrected chi connectivity index (χ2v) is 4.59. The van der Waals surface area contributed by atoms with E-state index in [4.69, 9.17) is 15.2 Å². The molecule has 2 N–H and O–H groups in total. The molecule has 0 fully saturated rings. The molecule has 1 aromatic carbocycles. The van der Waals surface area contributed by atoms with E-state index >= 15 is 0 Å². The Bertz CT molecular complexity index is 726. The zero-order valence-corrected chi connectivity index (χ0v) is 12.3. The molecule has 0 aliphatic carbocycles. The number of halogens is 3. The number of ether oxygens (including phenoxy) is 2. The van der Waals surface area contributed by atoms with E-state index in [-0.39, 0.29) is 23.8 Å². The van der Waals surface area contributed by atoms with E-state index in [0.717, 1.165) is 12.1 Å². The number of nitrogens with zero attached hydrogens (tertiary/aromatic N) is 2. The summed E-state index contributed by atoms with van der Waals surface area (Å²) in [5.41, 5.74) is 3.89. The molecule has 9 heteroatoms. The average Bonchev–Trinajstić information content (AvgIpc) is 2.81. The van der Waals surface area contributed by atoms with Crippen LogP contribution >= 0.6 is 0 Å². The summed E-state index contributed by atoms with van der Waals surface area (Å²) in [5, 5.41) is 3.90. The Labute approximate surface area is 129 Å². The summed E-state index contributed by atoms with van der Waals surface area (Å²) in [7, 11) is 1.54. The van der Waals surface area contributed by atoms with E-state index in [1.54, 1.807) is 14.0 Å². The van der Waals surface area contributed by atoms with Gasteiger partial charge in [-0.15, -0.1) is 5.10 Å². The van der Waals surface area contributed by atoms with Crippen LogP contribution in [0.5, 0.6) is 11.6 Å². The van der Waals surface area contributed by atoms with Gasteiger partial charge in [0.2, 0.25) is 0 Å². The SMILES string of the molecule is CCOC(=O)c1cn(C)nc1Oc1ccc(N)c(C(F)(F)F)c1. The highest BCUT2D eigenvalue weighted by Crippen LogP contribution is 2.37. The van der Waals surface area contributed by atoms with E-state index in [1.807, 2.05) is 0 Å². The van der Waals surface area contributed by atoms with Crippen LogP contribution in [0.1, 0.15) is 22.8 Å². The van der Waals surface area contributed by atoms with Gasteiger partial charge in [0.15, 0.2) is 0 Å². The molecule has 0 aliphatic heterocycles. The molecule has 6 nitrogen and oxygen atoms in total. The molecule has 0 saturated carbocycles.